The smallest absolute Gasteiger partial charge is 0.129 e. The van der Waals surface area contributed by atoms with Crippen molar-refractivity contribution >= 4 is 23.2 Å². The lowest BCUT2D eigenvalue weighted by Crippen LogP contribution is -2.34. The number of piperidine rings is 2. The minimum absolute atomic E-state index is 0. The van der Waals surface area contributed by atoms with E-state index in [0.29, 0.717) is 23.0 Å². The van der Waals surface area contributed by atoms with Crippen LogP contribution < -0.4 is 0 Å². The van der Waals surface area contributed by atoms with Gasteiger partial charge in [-0.25, -0.2) is 9.97 Å². The first-order valence-corrected chi connectivity index (χ1v) is 12.1. The zero-order valence-corrected chi connectivity index (χ0v) is 21.0. The van der Waals surface area contributed by atoms with Gasteiger partial charge in [0.05, 0.1) is 25.4 Å². The minimum atomic E-state index is -0.0220. The molecule has 2 aliphatic heterocycles. The van der Waals surface area contributed by atoms with Gasteiger partial charge in [-0.05, 0) is 75.2 Å². The van der Waals surface area contributed by atoms with Gasteiger partial charge in [-0.2, -0.15) is 0 Å². The molecule has 0 bridgehead atoms. The number of hydrogen-bond acceptors (Lipinski definition) is 7. The van der Waals surface area contributed by atoms with E-state index in [4.69, 9.17) is 38.2 Å². The molecule has 0 aromatic carbocycles. The Morgan fingerprint density at radius 2 is 1.35 bits per heavy atom. The molecule has 7 nitrogen and oxygen atoms in total. The monoisotopic (exact) mass is 514 g/mol. The summed E-state index contributed by atoms with van der Waals surface area (Å²) in [6.45, 7) is 5.02. The van der Waals surface area contributed by atoms with Crippen LogP contribution in [0.15, 0.2) is 36.7 Å². The largest absolute Gasteiger partial charge is 0.393 e. The van der Waals surface area contributed by atoms with E-state index in [1.807, 2.05) is 12.1 Å². The molecular formula is C25H40Cl2N4O3. The van der Waals surface area contributed by atoms with Crippen LogP contribution in [0.5, 0.6) is 0 Å². The second-order valence-electron chi connectivity index (χ2n) is 8.48. The molecule has 0 unspecified atom stereocenters. The number of likely N-dealkylation sites (tertiary alicyclic amines) is 2. The lowest BCUT2D eigenvalue weighted by molar-refractivity contribution is 0.00211. The molecule has 2 N–H and O–H groups in total. The molecule has 0 radical (unpaired) electrons. The first-order chi connectivity index (χ1) is 15.9. The molecule has 34 heavy (non-hydrogen) atoms. The number of halogens is 2. The number of ether oxygens (including phenoxy) is 1. The van der Waals surface area contributed by atoms with E-state index in [1.165, 1.54) is 0 Å². The van der Waals surface area contributed by atoms with Crippen LogP contribution in [0.3, 0.4) is 0 Å². The topological polar surface area (TPSA) is 82.0 Å². The second-order valence-corrected chi connectivity index (χ2v) is 9.25. The highest BCUT2D eigenvalue weighted by atomic mass is 35.5. The predicted molar refractivity (Wildman–Crippen MR) is 139 cm³/mol. The molecule has 0 amide bonds. The number of aromatic nitrogens is 2. The zero-order valence-electron chi connectivity index (χ0n) is 19.5. The van der Waals surface area contributed by atoms with E-state index in [2.05, 4.69) is 33.9 Å². The van der Waals surface area contributed by atoms with Crippen molar-refractivity contribution in [3.8, 4) is 0 Å². The Morgan fingerprint density at radius 1 is 0.882 bits per heavy atom. The summed E-state index contributed by atoms with van der Waals surface area (Å²) in [6.07, 6.45) is 7.80. The average Bonchev–Trinajstić information content (AvgIpc) is 2.81. The third-order valence-corrected chi connectivity index (χ3v) is 6.02. The summed E-state index contributed by atoms with van der Waals surface area (Å²) in [5.74, 6) is 0. The molecule has 2 fully saturated rings. The number of aliphatic hydroxyl groups is 2. The van der Waals surface area contributed by atoms with Gasteiger partial charge in [0.2, 0.25) is 0 Å². The van der Waals surface area contributed by atoms with Crippen LogP contribution in [-0.4, -0.2) is 82.5 Å². The standard InChI is InChI=1S/C12H17ClN2O.C6H6ClNO.C6H13NO.CH4/c1-15-6-3-11(4-7-15)16-9-10-2-5-14-12(13)8-10;7-6-3-5(4-9)1-2-8-6;1-7-4-2-6(8)3-5-7;/h2,5,8,11H,3-4,6-7,9H2,1H3;1-3,9H,4H2;6,8H,2-5H2,1H3;1H4. The summed E-state index contributed by atoms with van der Waals surface area (Å²) in [4.78, 5) is 12.3. The van der Waals surface area contributed by atoms with Gasteiger partial charge in [0, 0.05) is 38.6 Å². The summed E-state index contributed by atoms with van der Waals surface area (Å²) < 4.78 is 5.86. The number of rotatable bonds is 4. The Labute approximate surface area is 214 Å². The second kappa shape index (κ2) is 17.2. The third-order valence-electron chi connectivity index (χ3n) is 5.60. The van der Waals surface area contributed by atoms with Crippen LogP contribution in [0, 0.1) is 0 Å². The Hall–Kier alpha value is -1.32. The fourth-order valence-electron chi connectivity index (χ4n) is 3.43. The molecule has 4 rings (SSSR count). The molecule has 2 aromatic heterocycles. The van der Waals surface area contributed by atoms with Crippen molar-refractivity contribution in [2.75, 3.05) is 40.3 Å². The van der Waals surface area contributed by atoms with E-state index < -0.39 is 0 Å². The SMILES string of the molecule is C.CN1CCC(O)CC1.CN1CCC(OCc2ccnc(Cl)c2)CC1.OCc1ccnc(Cl)c1. The zero-order chi connectivity index (χ0) is 24.1. The number of pyridine rings is 2. The Balaban J connectivity index is 0.000000274. The lowest BCUT2D eigenvalue weighted by atomic mass is 10.1. The summed E-state index contributed by atoms with van der Waals surface area (Å²) in [7, 11) is 4.24. The molecule has 0 aliphatic carbocycles. The summed E-state index contributed by atoms with van der Waals surface area (Å²) in [5.41, 5.74) is 1.88. The van der Waals surface area contributed by atoms with E-state index in [0.717, 1.165) is 63.0 Å². The van der Waals surface area contributed by atoms with Gasteiger partial charge in [0.1, 0.15) is 10.3 Å². The molecule has 2 saturated heterocycles. The molecule has 0 atom stereocenters. The molecule has 2 aromatic rings. The highest BCUT2D eigenvalue weighted by molar-refractivity contribution is 6.29. The Bertz CT molecular complexity index is 789. The maximum absolute atomic E-state index is 9.00. The number of hydrogen-bond donors (Lipinski definition) is 2. The summed E-state index contributed by atoms with van der Waals surface area (Å²) in [6, 6.07) is 7.14. The van der Waals surface area contributed by atoms with E-state index >= 15 is 0 Å². The van der Waals surface area contributed by atoms with Crippen molar-refractivity contribution < 1.29 is 14.9 Å². The highest BCUT2D eigenvalue weighted by Gasteiger charge is 2.16. The molecule has 4 heterocycles. The van der Waals surface area contributed by atoms with Crippen molar-refractivity contribution in [2.45, 2.75) is 58.5 Å². The average molecular weight is 516 g/mol. The fraction of sp³-hybridized carbons (Fsp3) is 0.600. The van der Waals surface area contributed by atoms with Crippen LogP contribution in [0.4, 0.5) is 0 Å². The van der Waals surface area contributed by atoms with E-state index in [-0.39, 0.29) is 20.1 Å². The van der Waals surface area contributed by atoms with Gasteiger partial charge in [0.15, 0.2) is 0 Å². The summed E-state index contributed by atoms with van der Waals surface area (Å²) in [5, 5.41) is 18.5. The van der Waals surface area contributed by atoms with Crippen LogP contribution in [0.25, 0.3) is 0 Å². The lowest BCUT2D eigenvalue weighted by Gasteiger charge is -2.28. The van der Waals surface area contributed by atoms with Crippen molar-refractivity contribution in [3.05, 3.63) is 58.1 Å². The first-order valence-electron chi connectivity index (χ1n) is 11.3. The maximum Gasteiger partial charge on any atom is 0.129 e. The molecule has 0 spiro atoms. The van der Waals surface area contributed by atoms with Crippen molar-refractivity contribution in [1.82, 2.24) is 19.8 Å². The highest BCUT2D eigenvalue weighted by Crippen LogP contribution is 2.15. The first kappa shape index (κ1) is 30.7. The van der Waals surface area contributed by atoms with Gasteiger partial charge in [0.25, 0.3) is 0 Å². The van der Waals surface area contributed by atoms with Crippen LogP contribution >= 0.6 is 23.2 Å². The predicted octanol–water partition coefficient (Wildman–Crippen LogP) is 4.28. The van der Waals surface area contributed by atoms with Crippen molar-refractivity contribution in [3.63, 3.8) is 0 Å². The number of aliphatic hydroxyl groups excluding tert-OH is 2. The quantitative estimate of drug-likeness (QED) is 0.589. The maximum atomic E-state index is 9.00. The molecule has 2 aliphatic rings. The van der Waals surface area contributed by atoms with Gasteiger partial charge < -0.3 is 24.7 Å². The van der Waals surface area contributed by atoms with E-state index in [1.54, 1.807) is 24.5 Å². The van der Waals surface area contributed by atoms with Gasteiger partial charge in [-0.15, -0.1) is 0 Å². The van der Waals surface area contributed by atoms with Gasteiger partial charge in [-0.1, -0.05) is 30.6 Å². The fourth-order valence-corrected chi connectivity index (χ4v) is 3.83. The van der Waals surface area contributed by atoms with Gasteiger partial charge in [-0.3, -0.25) is 0 Å². The minimum Gasteiger partial charge on any atom is -0.393 e. The molecule has 192 valence electrons. The molecule has 9 heteroatoms. The van der Waals surface area contributed by atoms with Crippen LogP contribution in [-0.2, 0) is 18.0 Å². The third kappa shape index (κ3) is 13.0. The van der Waals surface area contributed by atoms with Crippen LogP contribution in [0.2, 0.25) is 10.3 Å². The van der Waals surface area contributed by atoms with Crippen LogP contribution in [0.1, 0.15) is 44.2 Å². The van der Waals surface area contributed by atoms with Gasteiger partial charge >= 0.3 is 0 Å². The van der Waals surface area contributed by atoms with Crippen molar-refractivity contribution in [1.29, 1.82) is 0 Å². The Kier molecular flexibility index (Phi) is 15.5. The Morgan fingerprint density at radius 3 is 1.79 bits per heavy atom. The van der Waals surface area contributed by atoms with E-state index in [9.17, 15) is 0 Å². The summed E-state index contributed by atoms with van der Waals surface area (Å²) >= 11 is 11.3. The van der Waals surface area contributed by atoms with Crippen molar-refractivity contribution in [2.24, 2.45) is 0 Å². The normalized spacial score (nSPS) is 17.6. The number of nitrogens with zero attached hydrogens (tertiary/aromatic N) is 4. The molecule has 0 saturated carbocycles. The molecular weight excluding hydrogens is 475 g/mol.